The second-order valence-corrected chi connectivity index (χ2v) is 16.3. The maximum absolute atomic E-state index is 6.50. The molecule has 0 saturated heterocycles. The summed E-state index contributed by atoms with van der Waals surface area (Å²) in [4.78, 5) is 0. The highest BCUT2D eigenvalue weighted by Gasteiger charge is 2.52. The minimum atomic E-state index is -0.475. The molecule has 0 fully saturated rings. The van der Waals surface area contributed by atoms with Crippen LogP contribution in [0.1, 0.15) is 22.3 Å². The van der Waals surface area contributed by atoms with Crippen LogP contribution in [0, 0.1) is 0 Å². The van der Waals surface area contributed by atoms with Crippen molar-refractivity contribution in [3.05, 3.63) is 216 Å². The van der Waals surface area contributed by atoms with Gasteiger partial charge in [0, 0.05) is 10.8 Å². The fraction of sp³-hybridized carbons (Fsp3) is 0.0175. The number of rotatable bonds is 2. The summed E-state index contributed by atoms with van der Waals surface area (Å²) in [6.45, 7) is 0. The van der Waals surface area contributed by atoms with E-state index in [1.807, 2.05) is 0 Å². The van der Waals surface area contributed by atoms with Gasteiger partial charge in [-0.2, -0.15) is 0 Å². The molecule has 0 N–H and O–H groups in total. The molecule has 12 aromatic rings. The lowest BCUT2D eigenvalue weighted by Crippen LogP contribution is -2.25. The SMILES string of the molecule is c1ccc2c(c1)-c1ccc(-c3ccc4ccc5c(-c6cccc7ccccc67)ccc6ccc3c4c65)cc1C21c2ccccc2-c2cc3oc4ccccc4c3cc21. The van der Waals surface area contributed by atoms with Gasteiger partial charge in [-0.05, 0) is 134 Å². The lowest BCUT2D eigenvalue weighted by atomic mass is 9.70. The summed E-state index contributed by atoms with van der Waals surface area (Å²) in [5, 5.41) is 12.7. The Kier molecular flexibility index (Phi) is 5.76. The number of para-hydroxylation sites is 1. The largest absolute Gasteiger partial charge is 0.456 e. The van der Waals surface area contributed by atoms with Crippen molar-refractivity contribution in [3.63, 3.8) is 0 Å². The van der Waals surface area contributed by atoms with E-state index in [9.17, 15) is 0 Å². The van der Waals surface area contributed by atoms with Crippen LogP contribution in [0.4, 0.5) is 0 Å². The third kappa shape index (κ3) is 3.72. The molecule has 0 radical (unpaired) electrons. The van der Waals surface area contributed by atoms with E-state index in [1.165, 1.54) is 115 Å². The molecule has 1 unspecified atom stereocenters. The van der Waals surface area contributed by atoms with E-state index < -0.39 is 5.41 Å². The van der Waals surface area contributed by atoms with Crippen molar-refractivity contribution in [2.45, 2.75) is 5.41 Å². The summed E-state index contributed by atoms with van der Waals surface area (Å²) >= 11 is 0. The van der Waals surface area contributed by atoms with E-state index in [-0.39, 0.29) is 0 Å². The smallest absolute Gasteiger partial charge is 0.136 e. The molecule has 1 nitrogen and oxygen atoms in total. The maximum Gasteiger partial charge on any atom is 0.136 e. The summed E-state index contributed by atoms with van der Waals surface area (Å²) in [7, 11) is 0. The first kappa shape index (κ1) is 30.7. The highest BCUT2D eigenvalue weighted by molar-refractivity contribution is 6.28. The number of hydrogen-bond donors (Lipinski definition) is 0. The normalized spacial score (nSPS) is 15.3. The van der Waals surface area contributed by atoms with Crippen LogP contribution in [0.3, 0.4) is 0 Å². The van der Waals surface area contributed by atoms with Gasteiger partial charge in [-0.3, -0.25) is 0 Å². The number of benzene rings is 11. The van der Waals surface area contributed by atoms with Gasteiger partial charge in [0.2, 0.25) is 0 Å². The van der Waals surface area contributed by atoms with Gasteiger partial charge in [-0.1, -0.05) is 170 Å². The minimum Gasteiger partial charge on any atom is -0.456 e. The summed E-state index contributed by atoms with van der Waals surface area (Å²) < 4.78 is 6.50. The zero-order valence-electron chi connectivity index (χ0n) is 31.4. The molecule has 2 aliphatic rings. The Morgan fingerprint density at radius 1 is 0.276 bits per heavy atom. The summed E-state index contributed by atoms with van der Waals surface area (Å²) in [6.07, 6.45) is 0. The second-order valence-electron chi connectivity index (χ2n) is 16.3. The van der Waals surface area contributed by atoms with Gasteiger partial charge in [-0.25, -0.2) is 0 Å². The first-order valence-corrected chi connectivity index (χ1v) is 20.2. The first-order chi connectivity index (χ1) is 28.8. The molecular formula is C57H32O. The molecular weight excluding hydrogens is 701 g/mol. The molecule has 0 saturated carbocycles. The first-order valence-electron chi connectivity index (χ1n) is 20.2. The molecule has 2 aliphatic carbocycles. The van der Waals surface area contributed by atoms with Crippen molar-refractivity contribution in [2.75, 3.05) is 0 Å². The molecule has 1 heteroatoms. The standard InChI is InChI=1S/C57H32O/c1-2-12-37-33(10-1)11-9-16-39(37)40-26-21-35-22-28-45-38(25-20-34-23-29-46(40)56(35)55(34)45)36-24-27-43-41-13-3-6-17-49(41)57(51(43)30-36)50-18-7-4-14-42(50)47-32-54-48(31-52(47)57)44-15-5-8-19-53(44)58-54/h1-32H. The van der Waals surface area contributed by atoms with Crippen molar-refractivity contribution in [1.82, 2.24) is 0 Å². The van der Waals surface area contributed by atoms with Crippen molar-refractivity contribution < 1.29 is 4.42 Å². The average molecular weight is 733 g/mol. The van der Waals surface area contributed by atoms with Crippen LogP contribution >= 0.6 is 0 Å². The Hall–Kier alpha value is -7.48. The highest BCUT2D eigenvalue weighted by Crippen LogP contribution is 2.64. The van der Waals surface area contributed by atoms with Crippen molar-refractivity contribution in [3.8, 4) is 44.5 Å². The molecule has 0 aliphatic heterocycles. The van der Waals surface area contributed by atoms with Gasteiger partial charge in [-0.15, -0.1) is 0 Å². The zero-order valence-corrected chi connectivity index (χ0v) is 31.4. The summed E-state index contributed by atoms with van der Waals surface area (Å²) in [5.74, 6) is 0. The Morgan fingerprint density at radius 2 is 0.828 bits per heavy atom. The molecule has 1 spiro atoms. The van der Waals surface area contributed by atoms with Crippen molar-refractivity contribution in [1.29, 1.82) is 0 Å². The van der Waals surface area contributed by atoms with E-state index in [1.54, 1.807) is 0 Å². The number of fused-ring (bicyclic) bond motifs is 14. The monoisotopic (exact) mass is 732 g/mol. The Bertz CT molecular complexity index is 3740. The van der Waals surface area contributed by atoms with Gasteiger partial charge >= 0.3 is 0 Å². The van der Waals surface area contributed by atoms with E-state index in [4.69, 9.17) is 4.42 Å². The minimum absolute atomic E-state index is 0.475. The lowest BCUT2D eigenvalue weighted by molar-refractivity contribution is 0.669. The molecule has 1 heterocycles. The van der Waals surface area contributed by atoms with Crippen LogP contribution in [-0.4, -0.2) is 0 Å². The third-order valence-electron chi connectivity index (χ3n) is 13.6. The number of hydrogen-bond acceptors (Lipinski definition) is 1. The number of furan rings is 1. The molecule has 0 amide bonds. The van der Waals surface area contributed by atoms with E-state index >= 15 is 0 Å². The molecule has 58 heavy (non-hydrogen) atoms. The van der Waals surface area contributed by atoms with Crippen LogP contribution in [0.2, 0.25) is 0 Å². The quantitative estimate of drug-likeness (QED) is 0.161. The summed E-state index contributed by atoms with van der Waals surface area (Å²) in [5.41, 5.74) is 16.9. The van der Waals surface area contributed by atoms with Crippen LogP contribution in [-0.2, 0) is 5.41 Å². The van der Waals surface area contributed by atoms with Gasteiger partial charge in [0.25, 0.3) is 0 Å². The van der Waals surface area contributed by atoms with Crippen LogP contribution < -0.4 is 0 Å². The zero-order chi connectivity index (χ0) is 37.7. The van der Waals surface area contributed by atoms with Gasteiger partial charge in [0.15, 0.2) is 0 Å². The Morgan fingerprint density at radius 3 is 1.64 bits per heavy atom. The van der Waals surface area contributed by atoms with Crippen LogP contribution in [0.25, 0.3) is 110 Å². The fourth-order valence-corrected chi connectivity index (χ4v) is 11.3. The Balaban J connectivity index is 1.04. The topological polar surface area (TPSA) is 13.1 Å². The van der Waals surface area contributed by atoms with Crippen LogP contribution in [0.5, 0.6) is 0 Å². The molecule has 14 rings (SSSR count). The predicted octanol–water partition coefficient (Wildman–Crippen LogP) is 15.3. The predicted molar refractivity (Wildman–Crippen MR) is 242 cm³/mol. The average Bonchev–Trinajstić information content (AvgIpc) is 3.90. The van der Waals surface area contributed by atoms with Crippen molar-refractivity contribution in [2.24, 2.45) is 0 Å². The molecule has 11 aromatic carbocycles. The second kappa shape index (κ2) is 10.9. The van der Waals surface area contributed by atoms with Gasteiger partial charge in [0.1, 0.15) is 11.2 Å². The third-order valence-corrected chi connectivity index (χ3v) is 13.6. The van der Waals surface area contributed by atoms with Crippen molar-refractivity contribution >= 4 is 65.0 Å². The van der Waals surface area contributed by atoms with Crippen LogP contribution in [0.15, 0.2) is 199 Å². The Labute approximate surface area is 334 Å². The van der Waals surface area contributed by atoms with Gasteiger partial charge < -0.3 is 4.42 Å². The van der Waals surface area contributed by atoms with Gasteiger partial charge in [0.05, 0.1) is 5.41 Å². The highest BCUT2D eigenvalue weighted by atomic mass is 16.3. The molecule has 266 valence electrons. The maximum atomic E-state index is 6.50. The summed E-state index contributed by atoms with van der Waals surface area (Å²) in [6, 6.07) is 72.7. The van der Waals surface area contributed by atoms with E-state index in [0.717, 1.165) is 16.6 Å². The molecule has 0 bridgehead atoms. The lowest BCUT2D eigenvalue weighted by Gasteiger charge is -2.31. The van der Waals surface area contributed by atoms with E-state index in [2.05, 4.69) is 194 Å². The fourth-order valence-electron chi connectivity index (χ4n) is 11.3. The van der Waals surface area contributed by atoms with E-state index in [0.29, 0.717) is 0 Å². The molecule has 1 atom stereocenters. The molecule has 1 aromatic heterocycles.